The van der Waals surface area contributed by atoms with E-state index >= 15 is 0 Å². The van der Waals surface area contributed by atoms with Gasteiger partial charge in [-0.05, 0) is 20.8 Å². The van der Waals surface area contributed by atoms with Crippen molar-refractivity contribution >= 4 is 6.09 Å². The van der Waals surface area contributed by atoms with Gasteiger partial charge in [0.15, 0.2) is 0 Å². The van der Waals surface area contributed by atoms with Crippen LogP contribution in [-0.2, 0) is 4.74 Å². The molecule has 1 aliphatic heterocycles. The van der Waals surface area contributed by atoms with Gasteiger partial charge in [-0.1, -0.05) is 0 Å². The highest BCUT2D eigenvalue weighted by atomic mass is 19.3. The van der Waals surface area contributed by atoms with E-state index in [0.29, 0.717) is 0 Å². The lowest BCUT2D eigenvalue weighted by atomic mass is 9.91. The van der Waals surface area contributed by atoms with Gasteiger partial charge in [-0.2, -0.15) is 5.26 Å². The predicted molar refractivity (Wildman–Crippen MR) is 61.1 cm³/mol. The number of carbonyl (C=O) groups excluding carboxylic acids is 1. The fourth-order valence-electron chi connectivity index (χ4n) is 1.80. The highest BCUT2D eigenvalue weighted by molar-refractivity contribution is 5.68. The zero-order valence-corrected chi connectivity index (χ0v) is 10.9. The van der Waals surface area contributed by atoms with Crippen LogP contribution in [0.1, 0.15) is 33.6 Å². The zero-order valence-electron chi connectivity index (χ0n) is 10.9. The molecule has 102 valence electrons. The minimum atomic E-state index is -2.88. The Kier molecular flexibility index (Phi) is 4.15. The molecule has 1 aliphatic rings. The lowest BCUT2D eigenvalue weighted by Gasteiger charge is -2.37. The molecular formula is C12H18F2N2O2. The summed E-state index contributed by atoms with van der Waals surface area (Å²) < 4.78 is 32.1. The topological polar surface area (TPSA) is 53.3 Å². The lowest BCUT2D eigenvalue weighted by Crippen LogP contribution is -2.50. The van der Waals surface area contributed by atoms with E-state index in [4.69, 9.17) is 10.00 Å². The van der Waals surface area contributed by atoms with Crippen molar-refractivity contribution in [2.45, 2.75) is 45.1 Å². The monoisotopic (exact) mass is 260 g/mol. The van der Waals surface area contributed by atoms with Crippen LogP contribution in [0.3, 0.4) is 0 Å². The minimum Gasteiger partial charge on any atom is -0.444 e. The molecule has 1 amide bonds. The first-order chi connectivity index (χ1) is 8.15. The molecule has 0 bridgehead atoms. The first kappa shape index (κ1) is 14.7. The standard InChI is InChI=1S/C12H18F2N2O2/c1-11(2,3)18-10(17)16-7-5-12(13,14)9(8-16)4-6-15/h9H,4-5,7-8H2,1-3H3. The maximum Gasteiger partial charge on any atom is 0.410 e. The van der Waals surface area contributed by atoms with E-state index in [-0.39, 0.29) is 19.5 Å². The molecule has 1 rings (SSSR count). The van der Waals surface area contributed by atoms with Gasteiger partial charge in [-0.3, -0.25) is 0 Å². The van der Waals surface area contributed by atoms with Gasteiger partial charge >= 0.3 is 6.09 Å². The van der Waals surface area contributed by atoms with Crippen molar-refractivity contribution in [2.75, 3.05) is 13.1 Å². The lowest BCUT2D eigenvalue weighted by molar-refractivity contribution is -0.103. The fraction of sp³-hybridized carbons (Fsp3) is 0.833. The van der Waals surface area contributed by atoms with Gasteiger partial charge in [-0.15, -0.1) is 0 Å². The highest BCUT2D eigenvalue weighted by Crippen LogP contribution is 2.35. The quantitative estimate of drug-likeness (QED) is 0.728. The third kappa shape index (κ3) is 3.83. The summed E-state index contributed by atoms with van der Waals surface area (Å²) in [6.45, 7) is 4.99. The summed E-state index contributed by atoms with van der Waals surface area (Å²) in [5, 5.41) is 8.54. The van der Waals surface area contributed by atoms with Crippen molar-refractivity contribution < 1.29 is 18.3 Å². The van der Waals surface area contributed by atoms with Crippen molar-refractivity contribution in [1.29, 1.82) is 5.26 Å². The third-order valence-corrected chi connectivity index (χ3v) is 2.74. The second kappa shape index (κ2) is 5.09. The molecule has 4 nitrogen and oxygen atoms in total. The molecule has 6 heteroatoms. The van der Waals surface area contributed by atoms with Crippen LogP contribution in [0, 0.1) is 17.2 Å². The SMILES string of the molecule is CC(C)(C)OC(=O)N1CCC(F)(F)C(CC#N)C1. The van der Waals surface area contributed by atoms with E-state index in [1.54, 1.807) is 26.8 Å². The number of nitrogens with zero attached hydrogens (tertiary/aromatic N) is 2. The number of likely N-dealkylation sites (tertiary alicyclic amines) is 1. The molecule has 0 aromatic carbocycles. The molecule has 0 aromatic rings. The molecule has 0 aromatic heterocycles. The molecule has 1 unspecified atom stereocenters. The van der Waals surface area contributed by atoms with E-state index in [1.807, 2.05) is 0 Å². The van der Waals surface area contributed by atoms with Gasteiger partial charge in [0.25, 0.3) is 5.92 Å². The minimum absolute atomic E-state index is 0.0379. The summed E-state index contributed by atoms with van der Waals surface area (Å²) in [5.74, 6) is -3.99. The molecule has 0 saturated carbocycles. The number of carbonyl (C=O) groups is 1. The summed E-state index contributed by atoms with van der Waals surface area (Å²) in [6, 6.07) is 1.74. The molecule has 1 atom stereocenters. The van der Waals surface area contributed by atoms with Crippen LogP contribution in [0.15, 0.2) is 0 Å². The van der Waals surface area contributed by atoms with Crippen LogP contribution in [-0.4, -0.2) is 35.6 Å². The van der Waals surface area contributed by atoms with Crippen LogP contribution in [0.4, 0.5) is 13.6 Å². The number of hydrogen-bond donors (Lipinski definition) is 0. The molecule has 1 heterocycles. The van der Waals surface area contributed by atoms with Crippen LogP contribution in [0.25, 0.3) is 0 Å². The fourth-order valence-corrected chi connectivity index (χ4v) is 1.80. The molecule has 0 radical (unpaired) electrons. The smallest absolute Gasteiger partial charge is 0.410 e. The summed E-state index contributed by atoms with van der Waals surface area (Å²) in [5.41, 5.74) is -0.651. The Morgan fingerprint density at radius 1 is 1.56 bits per heavy atom. The average molecular weight is 260 g/mol. The molecule has 1 fully saturated rings. The van der Waals surface area contributed by atoms with E-state index in [0.717, 1.165) is 0 Å². The summed E-state index contributed by atoms with van der Waals surface area (Å²) in [4.78, 5) is 13.0. The third-order valence-electron chi connectivity index (χ3n) is 2.74. The van der Waals surface area contributed by atoms with Crippen LogP contribution in [0.5, 0.6) is 0 Å². The Morgan fingerprint density at radius 3 is 2.67 bits per heavy atom. The number of halogens is 2. The Bertz CT molecular complexity index is 358. The summed E-state index contributed by atoms with van der Waals surface area (Å²) in [7, 11) is 0. The number of piperidine rings is 1. The number of hydrogen-bond acceptors (Lipinski definition) is 3. The number of ether oxygens (including phenoxy) is 1. The summed E-state index contributed by atoms with van der Waals surface area (Å²) >= 11 is 0. The van der Waals surface area contributed by atoms with Crippen LogP contribution in [0.2, 0.25) is 0 Å². The maximum absolute atomic E-state index is 13.5. The number of rotatable bonds is 1. The normalized spacial score (nSPS) is 23.3. The first-order valence-corrected chi connectivity index (χ1v) is 5.88. The van der Waals surface area contributed by atoms with E-state index in [2.05, 4.69) is 0 Å². The summed E-state index contributed by atoms with van der Waals surface area (Å²) in [6.07, 6.45) is -1.27. The van der Waals surface area contributed by atoms with Crippen molar-refractivity contribution in [3.8, 4) is 6.07 Å². The van der Waals surface area contributed by atoms with Gasteiger partial charge < -0.3 is 9.64 Å². The van der Waals surface area contributed by atoms with E-state index in [9.17, 15) is 13.6 Å². The number of alkyl halides is 2. The van der Waals surface area contributed by atoms with Crippen molar-refractivity contribution in [3.63, 3.8) is 0 Å². The predicted octanol–water partition coefficient (Wildman–Crippen LogP) is 2.79. The average Bonchev–Trinajstić information content (AvgIpc) is 2.18. The largest absolute Gasteiger partial charge is 0.444 e. The van der Waals surface area contributed by atoms with Gasteiger partial charge in [0.05, 0.1) is 12.0 Å². The van der Waals surface area contributed by atoms with Gasteiger partial charge in [-0.25, -0.2) is 13.6 Å². The van der Waals surface area contributed by atoms with Crippen LogP contribution >= 0.6 is 0 Å². The van der Waals surface area contributed by atoms with Gasteiger partial charge in [0.1, 0.15) is 5.60 Å². The van der Waals surface area contributed by atoms with E-state index < -0.39 is 30.0 Å². The molecule has 0 N–H and O–H groups in total. The number of amides is 1. The van der Waals surface area contributed by atoms with Crippen LogP contribution < -0.4 is 0 Å². The Balaban J connectivity index is 2.66. The number of nitriles is 1. The Morgan fingerprint density at radius 2 is 2.17 bits per heavy atom. The molecule has 18 heavy (non-hydrogen) atoms. The second-order valence-electron chi connectivity index (χ2n) is 5.50. The molecule has 1 saturated heterocycles. The van der Waals surface area contributed by atoms with Crippen molar-refractivity contribution in [3.05, 3.63) is 0 Å². The zero-order chi connectivity index (χ0) is 14.0. The van der Waals surface area contributed by atoms with Gasteiger partial charge in [0, 0.05) is 25.9 Å². The molecular weight excluding hydrogens is 242 g/mol. The second-order valence-corrected chi connectivity index (χ2v) is 5.50. The highest BCUT2D eigenvalue weighted by Gasteiger charge is 2.45. The van der Waals surface area contributed by atoms with Gasteiger partial charge in [0.2, 0.25) is 0 Å². The molecule has 0 aliphatic carbocycles. The maximum atomic E-state index is 13.5. The van der Waals surface area contributed by atoms with E-state index in [1.165, 1.54) is 4.90 Å². The van der Waals surface area contributed by atoms with Crippen molar-refractivity contribution in [1.82, 2.24) is 4.90 Å². The molecule has 0 spiro atoms. The first-order valence-electron chi connectivity index (χ1n) is 5.88. The van der Waals surface area contributed by atoms with Crippen molar-refractivity contribution in [2.24, 2.45) is 5.92 Å². The Labute approximate surface area is 106 Å². The Hall–Kier alpha value is -1.38.